The lowest BCUT2D eigenvalue weighted by Crippen LogP contribution is -2.30. The molecule has 0 N–H and O–H groups in total. The van der Waals surface area contributed by atoms with Gasteiger partial charge in [0, 0.05) is 19.3 Å². The van der Waals surface area contributed by atoms with E-state index in [0.29, 0.717) is 19.3 Å². The maximum atomic E-state index is 12.9. The van der Waals surface area contributed by atoms with Crippen molar-refractivity contribution in [1.82, 2.24) is 0 Å². The molecule has 0 heterocycles. The van der Waals surface area contributed by atoms with E-state index in [9.17, 15) is 14.4 Å². The zero-order chi connectivity index (χ0) is 53.2. The first-order valence-electron chi connectivity index (χ1n) is 33.3. The van der Waals surface area contributed by atoms with E-state index in [2.05, 4.69) is 34.6 Å². The molecule has 73 heavy (non-hydrogen) atoms. The monoisotopic (exact) mass is 1030 g/mol. The van der Waals surface area contributed by atoms with Crippen LogP contribution in [-0.4, -0.2) is 37.2 Å². The Balaban J connectivity index is 4.27. The molecule has 2 atom stereocenters. The highest BCUT2D eigenvalue weighted by molar-refractivity contribution is 5.71. The third-order valence-corrected chi connectivity index (χ3v) is 15.8. The summed E-state index contributed by atoms with van der Waals surface area (Å²) in [7, 11) is 0. The quantitative estimate of drug-likeness (QED) is 0.0343. The third-order valence-electron chi connectivity index (χ3n) is 15.8. The van der Waals surface area contributed by atoms with Gasteiger partial charge in [-0.25, -0.2) is 0 Å². The highest BCUT2D eigenvalue weighted by Crippen LogP contribution is 2.20. The van der Waals surface area contributed by atoms with Crippen LogP contribution < -0.4 is 0 Å². The molecule has 0 saturated carbocycles. The van der Waals surface area contributed by atoms with E-state index in [1.54, 1.807) is 0 Å². The summed E-state index contributed by atoms with van der Waals surface area (Å²) in [5, 5.41) is 0. The summed E-state index contributed by atoms with van der Waals surface area (Å²) >= 11 is 0. The van der Waals surface area contributed by atoms with Crippen molar-refractivity contribution in [3.8, 4) is 0 Å². The molecule has 0 saturated heterocycles. The second kappa shape index (κ2) is 59.7. The van der Waals surface area contributed by atoms with Crippen molar-refractivity contribution in [1.29, 1.82) is 0 Å². The summed E-state index contributed by atoms with van der Waals surface area (Å²) in [5.74, 6) is 0.926. The normalized spacial score (nSPS) is 12.4. The minimum Gasteiger partial charge on any atom is -0.462 e. The maximum Gasteiger partial charge on any atom is 0.306 e. The minimum absolute atomic E-state index is 0.0615. The van der Waals surface area contributed by atoms with Gasteiger partial charge in [-0.1, -0.05) is 343 Å². The van der Waals surface area contributed by atoms with Crippen molar-refractivity contribution in [3.63, 3.8) is 0 Å². The van der Waals surface area contributed by atoms with Crippen molar-refractivity contribution in [2.75, 3.05) is 13.2 Å². The predicted octanol–water partition coefficient (Wildman–Crippen LogP) is 22.4. The second-order valence-electron chi connectivity index (χ2n) is 23.8. The molecule has 0 aromatic rings. The SMILES string of the molecule is CCCCCCCCCCCCCCCCCCC(=O)OC[C@@H](COC(=O)CCCCCCCCCCCCCCCCCCCCC(C)C)OC(=O)CCCCCCCCCCCCCCCCC(C)CC. The Morgan fingerprint density at radius 3 is 0.781 bits per heavy atom. The van der Waals surface area contributed by atoms with Crippen LogP contribution in [0.25, 0.3) is 0 Å². The lowest BCUT2D eigenvalue weighted by molar-refractivity contribution is -0.167. The number of hydrogen-bond acceptors (Lipinski definition) is 6. The van der Waals surface area contributed by atoms with E-state index < -0.39 is 6.10 Å². The van der Waals surface area contributed by atoms with Crippen LogP contribution in [-0.2, 0) is 28.6 Å². The number of rotatable bonds is 61. The number of unbranched alkanes of at least 4 members (excludes halogenated alkanes) is 45. The average molecular weight is 1030 g/mol. The molecule has 6 heteroatoms. The molecule has 0 aromatic heterocycles. The summed E-state index contributed by atoms with van der Waals surface area (Å²) in [6, 6.07) is 0. The number of carbonyl (C=O) groups is 3. The van der Waals surface area contributed by atoms with Crippen molar-refractivity contribution in [3.05, 3.63) is 0 Å². The van der Waals surface area contributed by atoms with Crippen LogP contribution in [0.3, 0.4) is 0 Å². The van der Waals surface area contributed by atoms with Gasteiger partial charge in [0.2, 0.25) is 0 Å². The van der Waals surface area contributed by atoms with Gasteiger partial charge in [-0.3, -0.25) is 14.4 Å². The maximum absolute atomic E-state index is 12.9. The zero-order valence-corrected chi connectivity index (χ0v) is 50.3. The first kappa shape index (κ1) is 71.4. The van der Waals surface area contributed by atoms with Gasteiger partial charge < -0.3 is 14.2 Å². The lowest BCUT2D eigenvalue weighted by atomic mass is 9.99. The molecule has 0 bridgehead atoms. The largest absolute Gasteiger partial charge is 0.462 e. The summed E-state index contributed by atoms with van der Waals surface area (Å²) in [5.41, 5.74) is 0. The zero-order valence-electron chi connectivity index (χ0n) is 50.3. The van der Waals surface area contributed by atoms with Crippen LogP contribution in [0.5, 0.6) is 0 Å². The minimum atomic E-state index is -0.764. The van der Waals surface area contributed by atoms with Gasteiger partial charge in [0.15, 0.2) is 6.10 Å². The number of hydrogen-bond donors (Lipinski definition) is 0. The summed E-state index contributed by atoms with van der Waals surface area (Å²) in [6.45, 7) is 11.5. The van der Waals surface area contributed by atoms with Gasteiger partial charge in [0.05, 0.1) is 0 Å². The van der Waals surface area contributed by atoms with Gasteiger partial charge in [0.25, 0.3) is 0 Å². The number of esters is 3. The van der Waals surface area contributed by atoms with Crippen molar-refractivity contribution >= 4 is 17.9 Å². The molecule has 0 aliphatic carbocycles. The van der Waals surface area contributed by atoms with E-state index in [4.69, 9.17) is 14.2 Å². The Hall–Kier alpha value is -1.59. The van der Waals surface area contributed by atoms with Crippen LogP contribution in [0.4, 0.5) is 0 Å². The molecule has 434 valence electrons. The van der Waals surface area contributed by atoms with Crippen molar-refractivity contribution in [2.24, 2.45) is 11.8 Å². The molecule has 0 spiro atoms. The molecule has 0 radical (unpaired) electrons. The summed E-state index contributed by atoms with van der Waals surface area (Å²) in [4.78, 5) is 38.4. The molecule has 1 unspecified atom stereocenters. The van der Waals surface area contributed by atoms with Gasteiger partial charge in [-0.2, -0.15) is 0 Å². The van der Waals surface area contributed by atoms with E-state index in [0.717, 1.165) is 69.6 Å². The Morgan fingerprint density at radius 1 is 0.288 bits per heavy atom. The highest BCUT2D eigenvalue weighted by Gasteiger charge is 2.19. The van der Waals surface area contributed by atoms with Gasteiger partial charge in [0.1, 0.15) is 13.2 Å². The fourth-order valence-electron chi connectivity index (χ4n) is 10.4. The van der Waals surface area contributed by atoms with Gasteiger partial charge >= 0.3 is 17.9 Å². The van der Waals surface area contributed by atoms with Crippen LogP contribution >= 0.6 is 0 Å². The number of ether oxygens (including phenoxy) is 3. The number of carbonyl (C=O) groups excluding carboxylic acids is 3. The summed E-state index contributed by atoms with van der Waals surface area (Å²) in [6.07, 6.45) is 66.7. The fraction of sp³-hybridized carbons (Fsp3) is 0.955. The molecule has 6 nitrogen and oxygen atoms in total. The van der Waals surface area contributed by atoms with Gasteiger partial charge in [-0.05, 0) is 31.1 Å². The molecular formula is C67H130O6. The smallest absolute Gasteiger partial charge is 0.306 e. The molecule has 0 rings (SSSR count). The second-order valence-corrected chi connectivity index (χ2v) is 23.8. The standard InChI is InChI=1S/C67H130O6/c1-6-8-9-10-11-12-13-14-15-21-27-32-37-42-47-52-57-65(68)71-60-64(73-67(70)59-54-49-44-39-34-29-24-23-26-31-36-41-46-51-56-63(5)7-2)61-72-66(69)58-53-48-43-38-33-28-22-19-17-16-18-20-25-30-35-40-45-50-55-62(3)4/h62-64H,6-61H2,1-5H3/t63?,64-/m0/s1. The summed E-state index contributed by atoms with van der Waals surface area (Å²) < 4.78 is 17.0. The van der Waals surface area contributed by atoms with Crippen molar-refractivity contribution in [2.45, 2.75) is 387 Å². The topological polar surface area (TPSA) is 78.9 Å². The lowest BCUT2D eigenvalue weighted by Gasteiger charge is -2.18. The van der Waals surface area contributed by atoms with Crippen molar-refractivity contribution < 1.29 is 28.6 Å². The molecule has 0 aliphatic heterocycles. The fourth-order valence-corrected chi connectivity index (χ4v) is 10.4. The molecule has 0 aliphatic rings. The van der Waals surface area contributed by atoms with E-state index in [1.165, 1.54) is 270 Å². The molecule has 0 amide bonds. The van der Waals surface area contributed by atoms with Crippen LogP contribution in [0.1, 0.15) is 381 Å². The van der Waals surface area contributed by atoms with Crippen LogP contribution in [0.15, 0.2) is 0 Å². The van der Waals surface area contributed by atoms with Gasteiger partial charge in [-0.15, -0.1) is 0 Å². The van der Waals surface area contributed by atoms with Crippen LogP contribution in [0.2, 0.25) is 0 Å². The van der Waals surface area contributed by atoms with Crippen LogP contribution in [0, 0.1) is 11.8 Å². The Kier molecular flexibility index (Phi) is 58.4. The average Bonchev–Trinajstić information content (AvgIpc) is 3.38. The molecule has 0 aromatic carbocycles. The predicted molar refractivity (Wildman–Crippen MR) is 316 cm³/mol. The highest BCUT2D eigenvalue weighted by atomic mass is 16.6. The van der Waals surface area contributed by atoms with E-state index in [1.807, 2.05) is 0 Å². The Labute approximate surface area is 457 Å². The first-order chi connectivity index (χ1) is 35.8. The van der Waals surface area contributed by atoms with E-state index in [-0.39, 0.29) is 31.1 Å². The third kappa shape index (κ3) is 59.5. The Morgan fingerprint density at radius 2 is 0.521 bits per heavy atom. The Bertz CT molecular complexity index is 1120. The molecular weight excluding hydrogens is 901 g/mol. The van der Waals surface area contributed by atoms with E-state index >= 15 is 0 Å². The first-order valence-corrected chi connectivity index (χ1v) is 33.3. The molecule has 0 fully saturated rings.